The summed E-state index contributed by atoms with van der Waals surface area (Å²) in [6.45, 7) is 0. The molecule has 49 heavy (non-hydrogen) atoms. The fraction of sp³-hybridized carbons (Fsp3) is 0. The van der Waals surface area contributed by atoms with E-state index in [4.69, 9.17) is 0 Å². The molecule has 0 amide bonds. The van der Waals surface area contributed by atoms with Crippen LogP contribution in [0.1, 0.15) is 0 Å². The van der Waals surface area contributed by atoms with Crippen LogP contribution in [0.2, 0.25) is 0 Å². The maximum atomic E-state index is 14.0. The molecule has 0 fully saturated rings. The molecule has 0 atom stereocenters. The standard InChI is InChI=1S/C24H16BF20S4/c26-46(27,28,29,30)21-9-1-5-17(13-21)25(18-6-2-10-22(14-18)47(31,32,33,34)35,19-7-3-11-23(15-19)48(36,37,38,39)40)20-8-4-12-24(16-20)49(41,42,43,44)45/h1-16H/q-1. The summed E-state index contributed by atoms with van der Waals surface area (Å²) < 4.78 is 279. The first-order valence-electron chi connectivity index (χ1n) is 12.3. The van der Waals surface area contributed by atoms with E-state index in [1.165, 1.54) is 0 Å². The summed E-state index contributed by atoms with van der Waals surface area (Å²) in [6.07, 6.45) is -4.96. The lowest BCUT2D eigenvalue weighted by atomic mass is 9.13. The molecule has 25 heteroatoms. The molecule has 0 aromatic heterocycles. The summed E-state index contributed by atoms with van der Waals surface area (Å²) in [5, 5.41) is 0. The van der Waals surface area contributed by atoms with Gasteiger partial charge in [0.25, 0.3) is 0 Å². The maximum Gasteiger partial charge on any atom is 0.310 e. The third-order valence-electron chi connectivity index (χ3n) is 7.21. The van der Waals surface area contributed by atoms with Crippen molar-refractivity contribution in [2.45, 2.75) is 19.6 Å². The van der Waals surface area contributed by atoms with Crippen LogP contribution in [0.5, 0.6) is 0 Å². The van der Waals surface area contributed by atoms with Gasteiger partial charge in [-0.25, -0.2) is 0 Å². The van der Waals surface area contributed by atoms with Crippen molar-refractivity contribution in [2.75, 3.05) is 0 Å². The predicted octanol–water partition coefficient (Wildman–Crippen LogP) is 13.7. The minimum absolute atomic E-state index is 0.0378. The van der Waals surface area contributed by atoms with E-state index in [1.807, 2.05) is 0 Å². The van der Waals surface area contributed by atoms with Crippen molar-refractivity contribution in [1.82, 2.24) is 0 Å². The van der Waals surface area contributed by atoms with Gasteiger partial charge in [-0.05, 0) is 24.3 Å². The second-order valence-electron chi connectivity index (χ2n) is 11.0. The van der Waals surface area contributed by atoms with Gasteiger partial charge in [-0.3, -0.25) is 0 Å². The van der Waals surface area contributed by atoms with Gasteiger partial charge in [-0.1, -0.05) is 151 Å². The highest BCUT2D eigenvalue weighted by Crippen LogP contribution is 3.04. The van der Waals surface area contributed by atoms with E-state index in [0.29, 0.717) is 0 Å². The molecule has 4 aromatic rings. The predicted molar refractivity (Wildman–Crippen MR) is 156 cm³/mol. The Hall–Kier alpha value is -3.06. The van der Waals surface area contributed by atoms with E-state index in [0.717, 1.165) is 0 Å². The van der Waals surface area contributed by atoms with Gasteiger partial charge < -0.3 is 0 Å². The quantitative estimate of drug-likeness (QED) is 0.123. The molecule has 0 radical (unpaired) electrons. The molecule has 0 aliphatic carbocycles. The van der Waals surface area contributed by atoms with Gasteiger partial charge in [0.05, 0.1) is 0 Å². The van der Waals surface area contributed by atoms with Gasteiger partial charge >= 0.3 is 40.9 Å². The van der Waals surface area contributed by atoms with Crippen molar-refractivity contribution in [1.29, 1.82) is 0 Å². The highest BCUT2D eigenvalue weighted by molar-refractivity contribution is 8.46. The molecular formula is C24H16BF20S4-. The first-order valence-corrected chi connectivity index (χ1v) is 20.1. The van der Waals surface area contributed by atoms with Crippen molar-refractivity contribution in [2.24, 2.45) is 0 Å². The van der Waals surface area contributed by atoms with E-state index in [2.05, 4.69) is 0 Å². The van der Waals surface area contributed by atoms with Gasteiger partial charge in [-0.15, -0.1) is 0 Å². The van der Waals surface area contributed by atoms with Crippen LogP contribution in [0, 0.1) is 0 Å². The molecule has 4 rings (SSSR count). The van der Waals surface area contributed by atoms with Crippen LogP contribution >= 0.6 is 40.9 Å². The minimum Gasteiger partial charge on any atom is -0.194 e. The summed E-state index contributed by atoms with van der Waals surface area (Å²) in [4.78, 5) is -11.9. The Morgan fingerprint density at radius 1 is 0.265 bits per heavy atom. The fourth-order valence-electron chi connectivity index (χ4n) is 5.25. The van der Waals surface area contributed by atoms with Crippen molar-refractivity contribution < 1.29 is 77.7 Å². The smallest absolute Gasteiger partial charge is 0.194 e. The van der Waals surface area contributed by atoms with E-state index < -0.39 is 113 Å². The number of rotatable bonds is 8. The fourth-order valence-corrected chi connectivity index (χ4v) is 8.03. The Kier molecular flexibility index (Phi) is 6.48. The van der Waals surface area contributed by atoms with Crippen LogP contribution in [-0.4, -0.2) is 6.15 Å². The monoisotopic (exact) mass is 823 g/mol. The molecule has 4 aromatic carbocycles. The molecular weight excluding hydrogens is 807 g/mol. The molecule has 0 unspecified atom stereocenters. The van der Waals surface area contributed by atoms with Crippen LogP contribution in [0.4, 0.5) is 77.7 Å². The van der Waals surface area contributed by atoms with Crippen molar-refractivity contribution in [3.8, 4) is 0 Å². The topological polar surface area (TPSA) is 0 Å². The van der Waals surface area contributed by atoms with E-state index in [1.54, 1.807) is 0 Å². The highest BCUT2D eigenvalue weighted by Gasteiger charge is 2.68. The largest absolute Gasteiger partial charge is 0.310 e. The number of benzene rings is 4. The van der Waals surface area contributed by atoms with E-state index in [-0.39, 0.29) is 72.8 Å². The van der Waals surface area contributed by atoms with Gasteiger partial charge in [0.2, 0.25) is 0 Å². The lowest BCUT2D eigenvalue weighted by molar-refractivity contribution is 0.360. The van der Waals surface area contributed by atoms with Gasteiger partial charge in [-0.2, -0.15) is 21.9 Å². The first kappa shape index (κ1) is 38.7. The Morgan fingerprint density at radius 2 is 0.429 bits per heavy atom. The Labute approximate surface area is 262 Å². The molecule has 0 spiro atoms. The van der Waals surface area contributed by atoms with Crippen molar-refractivity contribution >= 4 is 68.9 Å². The molecule has 280 valence electrons. The SMILES string of the molecule is FS(F)(F)(F)(F)c1cccc([B-](c2cccc(S(F)(F)(F)(F)F)c2)(c2cccc(S(F)(F)(F)(F)F)c2)c2cccc(S(F)(F)(F)(F)F)c2)c1. The Bertz CT molecular complexity index is 1740. The number of hydrogen-bond acceptors (Lipinski definition) is 0. The minimum atomic E-state index is -11.0. The molecule has 0 saturated heterocycles. The lowest BCUT2D eigenvalue weighted by Crippen LogP contribution is -2.75. The van der Waals surface area contributed by atoms with Crippen LogP contribution in [0.3, 0.4) is 0 Å². The van der Waals surface area contributed by atoms with Crippen molar-refractivity contribution in [3.05, 3.63) is 97.1 Å². The molecule has 0 nitrogen and oxygen atoms in total. The lowest BCUT2D eigenvalue weighted by Gasteiger charge is -2.49. The average molecular weight is 823 g/mol. The molecule has 0 aliphatic rings. The maximum absolute atomic E-state index is 14.0. The highest BCUT2D eigenvalue weighted by atomic mass is 32.5. The van der Waals surface area contributed by atoms with Crippen molar-refractivity contribution in [3.63, 3.8) is 0 Å². The summed E-state index contributed by atoms with van der Waals surface area (Å²) in [5.41, 5.74) is -6.54. The van der Waals surface area contributed by atoms with Gasteiger partial charge in [0, 0.05) is 0 Å². The summed E-state index contributed by atoms with van der Waals surface area (Å²) in [5.74, 6) is 0. The Balaban J connectivity index is 2.41. The van der Waals surface area contributed by atoms with E-state index >= 15 is 0 Å². The molecule has 0 N–H and O–H groups in total. The third-order valence-corrected chi connectivity index (χ3v) is 11.8. The van der Waals surface area contributed by atoms with Crippen LogP contribution < -0.4 is 21.9 Å². The zero-order valence-electron chi connectivity index (χ0n) is 23.0. The first-order chi connectivity index (χ1) is 20.8. The van der Waals surface area contributed by atoms with Crippen LogP contribution in [-0.2, 0) is 0 Å². The van der Waals surface area contributed by atoms with Gasteiger partial charge in [0.15, 0.2) is 0 Å². The average Bonchev–Trinajstić information content (AvgIpc) is 2.85. The summed E-state index contributed by atoms with van der Waals surface area (Å²) >= 11 is 0. The zero-order valence-corrected chi connectivity index (χ0v) is 26.3. The third kappa shape index (κ3) is 8.13. The van der Waals surface area contributed by atoms with Crippen LogP contribution in [0.25, 0.3) is 0 Å². The van der Waals surface area contributed by atoms with Crippen LogP contribution in [0.15, 0.2) is 117 Å². The normalized spacial score (nSPS) is 20.5. The zero-order chi connectivity index (χ0) is 38.1. The summed E-state index contributed by atoms with van der Waals surface area (Å²) in [7, 11) is -43.8. The number of hydrogen-bond donors (Lipinski definition) is 0. The molecule has 0 aliphatic heterocycles. The summed E-state index contributed by atoms with van der Waals surface area (Å²) in [6, 6.07) is -3.24. The second kappa shape index (κ2) is 8.19. The molecule has 0 heterocycles. The second-order valence-corrected chi connectivity index (χ2v) is 20.7. The van der Waals surface area contributed by atoms with Gasteiger partial charge in [0.1, 0.15) is 25.7 Å². The van der Waals surface area contributed by atoms with E-state index in [9.17, 15) is 77.7 Å². The molecule has 0 saturated carbocycles. The molecule has 0 bridgehead atoms. The number of halogens is 20. The Morgan fingerprint density at radius 3 is 0.571 bits per heavy atom.